The Hall–Kier alpha value is -0.0400. The summed E-state index contributed by atoms with van der Waals surface area (Å²) in [4.78, 5) is 6.92. The van der Waals surface area contributed by atoms with Crippen molar-refractivity contribution < 1.29 is 0 Å². The molecule has 1 aliphatic rings. The van der Waals surface area contributed by atoms with E-state index in [0.29, 0.717) is 12.0 Å². The molecule has 0 spiro atoms. The largest absolute Gasteiger partial charge is 0.370 e. The van der Waals surface area contributed by atoms with E-state index in [2.05, 4.69) is 36.0 Å². The highest BCUT2D eigenvalue weighted by Gasteiger charge is 2.14. The number of likely N-dealkylation sites (tertiary alicyclic amines) is 1. The van der Waals surface area contributed by atoms with Crippen molar-refractivity contribution in [3.8, 4) is 0 Å². The highest BCUT2D eigenvalue weighted by Crippen LogP contribution is 2.15. The van der Waals surface area contributed by atoms with Crippen molar-refractivity contribution >= 4 is 29.9 Å². The first-order valence-corrected chi connectivity index (χ1v) is 7.40. The molecule has 1 atom stereocenters. The summed E-state index contributed by atoms with van der Waals surface area (Å²) in [7, 11) is 0. The van der Waals surface area contributed by atoms with Gasteiger partial charge in [-0.1, -0.05) is 13.8 Å². The predicted molar refractivity (Wildman–Crippen MR) is 94.2 cm³/mol. The molecule has 19 heavy (non-hydrogen) atoms. The van der Waals surface area contributed by atoms with Gasteiger partial charge in [-0.15, -0.1) is 24.0 Å². The molecule has 0 amide bonds. The van der Waals surface area contributed by atoms with E-state index in [4.69, 9.17) is 5.73 Å². The van der Waals surface area contributed by atoms with Gasteiger partial charge in [0.2, 0.25) is 0 Å². The van der Waals surface area contributed by atoms with E-state index in [9.17, 15) is 0 Å². The number of hydrogen-bond donors (Lipinski definition) is 2. The van der Waals surface area contributed by atoms with E-state index in [1.807, 2.05) is 0 Å². The van der Waals surface area contributed by atoms with E-state index in [1.165, 1.54) is 25.9 Å². The highest BCUT2D eigenvalue weighted by atomic mass is 127. The van der Waals surface area contributed by atoms with Crippen LogP contribution in [0.1, 0.15) is 46.5 Å². The summed E-state index contributed by atoms with van der Waals surface area (Å²) >= 11 is 0. The lowest BCUT2D eigenvalue weighted by atomic mass is 9.99. The monoisotopic (exact) mass is 382 g/mol. The maximum Gasteiger partial charge on any atom is 0.188 e. The Bertz CT molecular complexity index is 250. The number of halogens is 1. The van der Waals surface area contributed by atoms with E-state index >= 15 is 0 Å². The van der Waals surface area contributed by atoms with Crippen LogP contribution >= 0.6 is 24.0 Å². The molecule has 4 nitrogen and oxygen atoms in total. The molecule has 1 fully saturated rings. The van der Waals surface area contributed by atoms with Crippen LogP contribution in [-0.4, -0.2) is 43.1 Å². The van der Waals surface area contributed by atoms with Crippen molar-refractivity contribution in [3.63, 3.8) is 0 Å². The molecular weight excluding hydrogens is 351 g/mol. The minimum atomic E-state index is 0. The highest BCUT2D eigenvalue weighted by molar-refractivity contribution is 14.0. The number of nitrogens with zero attached hydrogens (tertiary/aromatic N) is 2. The molecule has 0 aromatic heterocycles. The van der Waals surface area contributed by atoms with Crippen molar-refractivity contribution in [3.05, 3.63) is 0 Å². The molecule has 0 aromatic rings. The van der Waals surface area contributed by atoms with Crippen LogP contribution in [0.25, 0.3) is 0 Å². The summed E-state index contributed by atoms with van der Waals surface area (Å²) < 4.78 is 0. The smallest absolute Gasteiger partial charge is 0.188 e. The summed E-state index contributed by atoms with van der Waals surface area (Å²) in [6.07, 6.45) is 4.88. The molecule has 1 rings (SSSR count). The summed E-state index contributed by atoms with van der Waals surface area (Å²) in [6, 6.07) is 0.414. The minimum absolute atomic E-state index is 0. The lowest BCUT2D eigenvalue weighted by molar-refractivity contribution is 0.192. The minimum Gasteiger partial charge on any atom is -0.370 e. The standard InChI is InChI=1S/C14H30N4.HI/c1-4-13(3)17-14(15)16-8-5-9-18-10-6-12(2)7-11-18;/h12-13H,4-11H2,1-3H3,(H3,15,16,17);1H. The summed E-state index contributed by atoms with van der Waals surface area (Å²) in [6.45, 7) is 11.1. The van der Waals surface area contributed by atoms with Gasteiger partial charge in [-0.25, -0.2) is 0 Å². The van der Waals surface area contributed by atoms with E-state index in [1.54, 1.807) is 0 Å². The zero-order chi connectivity index (χ0) is 13.4. The maximum absolute atomic E-state index is 5.81. The van der Waals surface area contributed by atoms with Gasteiger partial charge in [-0.3, -0.25) is 4.99 Å². The second-order valence-electron chi connectivity index (χ2n) is 5.60. The van der Waals surface area contributed by atoms with E-state index < -0.39 is 0 Å². The van der Waals surface area contributed by atoms with Crippen molar-refractivity contribution in [2.24, 2.45) is 16.6 Å². The fourth-order valence-corrected chi connectivity index (χ4v) is 2.18. The Kier molecular flexibility index (Phi) is 10.7. The Balaban J connectivity index is 0.00000324. The molecule has 1 saturated heterocycles. The SMILES string of the molecule is CCC(C)NC(N)=NCCCN1CCC(C)CC1.I. The number of hydrogen-bond acceptors (Lipinski definition) is 2. The second-order valence-corrected chi connectivity index (χ2v) is 5.60. The zero-order valence-electron chi connectivity index (χ0n) is 12.7. The lowest BCUT2D eigenvalue weighted by Crippen LogP contribution is -2.38. The Morgan fingerprint density at radius 1 is 1.42 bits per heavy atom. The van der Waals surface area contributed by atoms with Crippen molar-refractivity contribution in [2.45, 2.75) is 52.5 Å². The molecule has 1 unspecified atom stereocenters. The number of piperidine rings is 1. The van der Waals surface area contributed by atoms with Gasteiger partial charge in [0.15, 0.2) is 5.96 Å². The number of aliphatic imine (C=N–C) groups is 1. The second kappa shape index (κ2) is 10.7. The van der Waals surface area contributed by atoms with Crippen LogP contribution in [0, 0.1) is 5.92 Å². The third-order valence-electron chi connectivity index (χ3n) is 3.80. The Morgan fingerprint density at radius 2 is 2.05 bits per heavy atom. The molecule has 1 heterocycles. The van der Waals surface area contributed by atoms with Gasteiger partial charge in [0.1, 0.15) is 0 Å². The average Bonchev–Trinajstić information content (AvgIpc) is 2.36. The van der Waals surface area contributed by atoms with Gasteiger partial charge in [-0.05, 0) is 58.2 Å². The third-order valence-corrected chi connectivity index (χ3v) is 3.80. The molecule has 3 N–H and O–H groups in total. The molecular formula is C14H31IN4. The molecule has 114 valence electrons. The first kappa shape index (κ1) is 19.0. The molecule has 0 radical (unpaired) electrons. The Labute approximate surface area is 135 Å². The van der Waals surface area contributed by atoms with Gasteiger partial charge >= 0.3 is 0 Å². The van der Waals surface area contributed by atoms with Crippen molar-refractivity contribution in [2.75, 3.05) is 26.2 Å². The first-order chi connectivity index (χ1) is 8.61. The topological polar surface area (TPSA) is 53.6 Å². The number of rotatable bonds is 6. The zero-order valence-corrected chi connectivity index (χ0v) is 15.0. The summed E-state index contributed by atoms with van der Waals surface area (Å²) in [5, 5.41) is 3.19. The van der Waals surface area contributed by atoms with Crippen LogP contribution in [0.2, 0.25) is 0 Å². The van der Waals surface area contributed by atoms with Crippen LogP contribution in [0.15, 0.2) is 4.99 Å². The van der Waals surface area contributed by atoms with Crippen LogP contribution in [0.3, 0.4) is 0 Å². The normalized spacial score (nSPS) is 19.8. The number of nitrogens with two attached hydrogens (primary N) is 1. The average molecular weight is 382 g/mol. The van der Waals surface area contributed by atoms with Gasteiger partial charge in [0.05, 0.1) is 0 Å². The predicted octanol–water partition coefficient (Wildman–Crippen LogP) is 2.43. The third kappa shape index (κ3) is 8.68. The fourth-order valence-electron chi connectivity index (χ4n) is 2.18. The lowest BCUT2D eigenvalue weighted by Gasteiger charge is -2.29. The summed E-state index contributed by atoms with van der Waals surface area (Å²) in [5.41, 5.74) is 5.81. The van der Waals surface area contributed by atoms with Crippen LogP contribution < -0.4 is 11.1 Å². The quantitative estimate of drug-likeness (QED) is 0.321. The molecule has 1 aliphatic heterocycles. The summed E-state index contributed by atoms with van der Waals surface area (Å²) in [5.74, 6) is 1.51. The number of nitrogens with one attached hydrogen (secondary N) is 1. The van der Waals surface area contributed by atoms with Crippen molar-refractivity contribution in [1.29, 1.82) is 0 Å². The molecule has 0 saturated carbocycles. The molecule has 0 bridgehead atoms. The molecule has 0 aromatic carbocycles. The number of guanidine groups is 1. The first-order valence-electron chi connectivity index (χ1n) is 7.40. The van der Waals surface area contributed by atoms with Gasteiger partial charge in [-0.2, -0.15) is 0 Å². The fraction of sp³-hybridized carbons (Fsp3) is 0.929. The molecule has 5 heteroatoms. The molecule has 0 aliphatic carbocycles. The van der Waals surface area contributed by atoms with Gasteiger partial charge in [0.25, 0.3) is 0 Å². The Morgan fingerprint density at radius 3 is 2.63 bits per heavy atom. The van der Waals surface area contributed by atoms with E-state index in [0.717, 1.165) is 31.8 Å². The van der Waals surface area contributed by atoms with Crippen LogP contribution in [-0.2, 0) is 0 Å². The van der Waals surface area contributed by atoms with Crippen LogP contribution in [0.5, 0.6) is 0 Å². The van der Waals surface area contributed by atoms with Gasteiger partial charge in [0, 0.05) is 12.6 Å². The van der Waals surface area contributed by atoms with Crippen molar-refractivity contribution in [1.82, 2.24) is 10.2 Å². The maximum atomic E-state index is 5.81. The van der Waals surface area contributed by atoms with Gasteiger partial charge < -0.3 is 16.0 Å². The van der Waals surface area contributed by atoms with Crippen LogP contribution in [0.4, 0.5) is 0 Å². The van der Waals surface area contributed by atoms with E-state index in [-0.39, 0.29) is 24.0 Å².